The highest BCUT2D eigenvalue weighted by molar-refractivity contribution is 5.44. The predicted octanol–water partition coefficient (Wildman–Crippen LogP) is 0.525. The van der Waals surface area contributed by atoms with Gasteiger partial charge in [-0.15, -0.1) is 0 Å². The molecule has 0 saturated carbocycles. The van der Waals surface area contributed by atoms with E-state index < -0.39 is 0 Å². The van der Waals surface area contributed by atoms with E-state index in [0.717, 1.165) is 19.3 Å². The third-order valence-corrected chi connectivity index (χ3v) is 2.16. The number of rotatable bonds is 5. The van der Waals surface area contributed by atoms with Gasteiger partial charge in [-0.1, -0.05) is 5.16 Å². The number of hydrogen-bond donors (Lipinski definition) is 2. The van der Waals surface area contributed by atoms with E-state index in [1.165, 1.54) is 0 Å². The number of nitrogens with one attached hydrogen (secondary N) is 1. The first-order valence-electron chi connectivity index (χ1n) is 5.20. The molecule has 3 N–H and O–H groups in total. The van der Waals surface area contributed by atoms with Crippen molar-refractivity contribution >= 4 is 0 Å². The van der Waals surface area contributed by atoms with E-state index in [9.17, 15) is 0 Å². The van der Waals surface area contributed by atoms with Gasteiger partial charge in [0.15, 0.2) is 5.69 Å². The van der Waals surface area contributed by atoms with Crippen molar-refractivity contribution in [1.82, 2.24) is 25.6 Å². The Balaban J connectivity index is 1.93. The lowest BCUT2D eigenvalue weighted by Crippen LogP contribution is -2.14. The van der Waals surface area contributed by atoms with Crippen molar-refractivity contribution in [2.75, 3.05) is 0 Å². The zero-order chi connectivity index (χ0) is 11.4. The van der Waals surface area contributed by atoms with E-state index in [2.05, 4.69) is 25.6 Å². The topological polar surface area (TPSA) is 107 Å². The van der Waals surface area contributed by atoms with Gasteiger partial charge in [0, 0.05) is 12.5 Å². The second kappa shape index (κ2) is 4.84. The minimum atomic E-state index is 0.206. The molecule has 7 nitrogen and oxygen atoms in total. The molecular formula is C9H14N6O. The Morgan fingerprint density at radius 3 is 3.12 bits per heavy atom. The Bertz CT molecular complexity index is 421. The first-order valence-corrected chi connectivity index (χ1v) is 5.20. The smallest absolute Gasteiger partial charge is 0.227 e. The van der Waals surface area contributed by atoms with Crippen LogP contribution in [-0.4, -0.2) is 31.6 Å². The average molecular weight is 222 g/mol. The van der Waals surface area contributed by atoms with E-state index in [1.54, 1.807) is 6.20 Å². The number of H-pyrrole nitrogens is 1. The van der Waals surface area contributed by atoms with Gasteiger partial charge < -0.3 is 10.3 Å². The lowest BCUT2D eigenvalue weighted by atomic mass is 10.1. The lowest BCUT2D eigenvalue weighted by molar-refractivity contribution is 0.373. The monoisotopic (exact) mass is 222 g/mol. The van der Waals surface area contributed by atoms with E-state index >= 15 is 0 Å². The second-order valence-electron chi connectivity index (χ2n) is 3.74. The molecular weight excluding hydrogens is 208 g/mol. The molecule has 1 atom stereocenters. The highest BCUT2D eigenvalue weighted by Gasteiger charge is 2.10. The van der Waals surface area contributed by atoms with Crippen LogP contribution in [0.15, 0.2) is 10.7 Å². The molecule has 2 heterocycles. The molecule has 16 heavy (non-hydrogen) atoms. The third-order valence-electron chi connectivity index (χ3n) is 2.16. The Kier molecular flexibility index (Phi) is 3.25. The van der Waals surface area contributed by atoms with E-state index in [-0.39, 0.29) is 6.04 Å². The average Bonchev–Trinajstić information content (AvgIpc) is 2.85. The maximum Gasteiger partial charge on any atom is 0.227 e. The zero-order valence-corrected chi connectivity index (χ0v) is 9.05. The molecule has 0 fully saturated rings. The van der Waals surface area contributed by atoms with Crippen molar-refractivity contribution in [1.29, 1.82) is 0 Å². The van der Waals surface area contributed by atoms with Gasteiger partial charge in [-0.05, 0) is 19.8 Å². The van der Waals surface area contributed by atoms with Crippen molar-refractivity contribution in [3.05, 3.63) is 12.1 Å². The largest absolute Gasteiger partial charge is 0.339 e. The number of nitrogens with two attached hydrogens (primary N) is 1. The first-order chi connectivity index (χ1) is 7.75. The number of aromatic amines is 1. The summed E-state index contributed by atoms with van der Waals surface area (Å²) in [6, 6.07) is 0.206. The van der Waals surface area contributed by atoms with E-state index in [4.69, 9.17) is 10.3 Å². The number of aryl methyl sites for hydroxylation is 1. The van der Waals surface area contributed by atoms with Crippen LogP contribution in [0.5, 0.6) is 0 Å². The fourth-order valence-electron chi connectivity index (χ4n) is 1.35. The molecule has 0 radical (unpaired) electrons. The van der Waals surface area contributed by atoms with Crippen LogP contribution in [0.3, 0.4) is 0 Å². The van der Waals surface area contributed by atoms with Crippen molar-refractivity contribution < 1.29 is 4.52 Å². The van der Waals surface area contributed by atoms with Crippen molar-refractivity contribution in [2.45, 2.75) is 32.2 Å². The zero-order valence-electron chi connectivity index (χ0n) is 9.05. The number of aromatic nitrogens is 5. The summed E-state index contributed by atoms with van der Waals surface area (Å²) in [6.07, 6.45) is 4.18. The number of nitrogens with zero attached hydrogens (tertiary/aromatic N) is 4. The summed E-state index contributed by atoms with van der Waals surface area (Å²) < 4.78 is 5.09. The van der Waals surface area contributed by atoms with Gasteiger partial charge in [0.1, 0.15) is 0 Å². The van der Waals surface area contributed by atoms with Crippen molar-refractivity contribution in [3.8, 4) is 11.5 Å². The molecule has 86 valence electrons. The van der Waals surface area contributed by atoms with Gasteiger partial charge in [-0.3, -0.25) is 0 Å². The molecule has 2 rings (SSSR count). The van der Waals surface area contributed by atoms with Gasteiger partial charge in [0.05, 0.1) is 6.20 Å². The molecule has 1 unspecified atom stereocenters. The molecule has 7 heteroatoms. The standard InChI is InChI=1S/C9H14N6O/c1-6(10)3-2-4-8-12-9(14-16-8)7-5-11-15-13-7/h5-6H,2-4,10H2,1H3,(H,11,13,15). The van der Waals surface area contributed by atoms with Crippen LogP contribution in [0.4, 0.5) is 0 Å². The van der Waals surface area contributed by atoms with Crippen LogP contribution >= 0.6 is 0 Å². The molecule has 0 aliphatic carbocycles. The molecule has 0 aromatic carbocycles. The molecule has 0 saturated heterocycles. The molecule has 0 amide bonds. The lowest BCUT2D eigenvalue weighted by Gasteiger charge is -2.00. The Morgan fingerprint density at radius 1 is 1.56 bits per heavy atom. The number of hydrogen-bond acceptors (Lipinski definition) is 6. The van der Waals surface area contributed by atoms with Crippen LogP contribution < -0.4 is 5.73 Å². The van der Waals surface area contributed by atoms with Crippen molar-refractivity contribution in [2.24, 2.45) is 5.73 Å². The van der Waals surface area contributed by atoms with Crippen LogP contribution in [0, 0.1) is 0 Å². The summed E-state index contributed by atoms with van der Waals surface area (Å²) >= 11 is 0. The highest BCUT2D eigenvalue weighted by atomic mass is 16.5. The molecule has 0 aliphatic rings. The first kappa shape index (κ1) is 10.7. The van der Waals surface area contributed by atoms with Crippen LogP contribution in [0.1, 0.15) is 25.7 Å². The predicted molar refractivity (Wildman–Crippen MR) is 56.3 cm³/mol. The van der Waals surface area contributed by atoms with Gasteiger partial charge in [-0.25, -0.2) is 0 Å². The molecule has 0 bridgehead atoms. The summed E-state index contributed by atoms with van der Waals surface area (Å²) in [5.74, 6) is 1.07. The van der Waals surface area contributed by atoms with Crippen molar-refractivity contribution in [3.63, 3.8) is 0 Å². The third kappa shape index (κ3) is 2.63. The summed E-state index contributed by atoms with van der Waals surface area (Å²) in [4.78, 5) is 4.21. The maximum atomic E-state index is 5.65. The summed E-state index contributed by atoms with van der Waals surface area (Å²) in [6.45, 7) is 1.98. The van der Waals surface area contributed by atoms with E-state index in [1.807, 2.05) is 6.92 Å². The van der Waals surface area contributed by atoms with Crippen LogP contribution in [-0.2, 0) is 6.42 Å². The molecule has 2 aromatic rings. The second-order valence-corrected chi connectivity index (χ2v) is 3.74. The fourth-order valence-corrected chi connectivity index (χ4v) is 1.35. The molecule has 2 aromatic heterocycles. The maximum absolute atomic E-state index is 5.65. The normalized spacial score (nSPS) is 12.9. The summed E-state index contributed by atoms with van der Waals surface area (Å²) in [5.41, 5.74) is 6.24. The van der Waals surface area contributed by atoms with Gasteiger partial charge in [0.25, 0.3) is 0 Å². The summed E-state index contributed by atoms with van der Waals surface area (Å²) in [5, 5.41) is 13.9. The highest BCUT2D eigenvalue weighted by Crippen LogP contribution is 2.12. The minimum Gasteiger partial charge on any atom is -0.339 e. The van der Waals surface area contributed by atoms with Gasteiger partial charge in [0.2, 0.25) is 11.7 Å². The fraction of sp³-hybridized carbons (Fsp3) is 0.556. The Hall–Kier alpha value is -1.76. The minimum absolute atomic E-state index is 0.206. The van der Waals surface area contributed by atoms with Crippen LogP contribution in [0.2, 0.25) is 0 Å². The quantitative estimate of drug-likeness (QED) is 0.764. The Labute approximate surface area is 92.4 Å². The summed E-state index contributed by atoms with van der Waals surface area (Å²) in [7, 11) is 0. The molecule has 0 aliphatic heterocycles. The van der Waals surface area contributed by atoms with Crippen LogP contribution in [0.25, 0.3) is 11.5 Å². The van der Waals surface area contributed by atoms with E-state index in [0.29, 0.717) is 17.4 Å². The SMILES string of the molecule is CC(N)CCCc1nc(-c2cn[nH]n2)no1. The van der Waals surface area contributed by atoms with Gasteiger partial charge in [-0.2, -0.15) is 20.4 Å². The van der Waals surface area contributed by atoms with Gasteiger partial charge >= 0.3 is 0 Å². The Morgan fingerprint density at radius 2 is 2.44 bits per heavy atom. The molecule has 0 spiro atoms.